The Kier molecular flexibility index (Phi) is 2.01. The highest BCUT2D eigenvalue weighted by Crippen LogP contribution is 2.34. The highest BCUT2D eigenvalue weighted by molar-refractivity contribution is 6.03. The van der Waals surface area contributed by atoms with Crippen molar-refractivity contribution in [2.75, 3.05) is 18.0 Å². The van der Waals surface area contributed by atoms with Crippen molar-refractivity contribution in [1.29, 1.82) is 0 Å². The number of hydrogen-bond donors (Lipinski definition) is 0. The molecular formula is C13H15NO. The van der Waals surface area contributed by atoms with Gasteiger partial charge in [-0.15, -0.1) is 0 Å². The van der Waals surface area contributed by atoms with Crippen molar-refractivity contribution >= 4 is 11.5 Å². The second-order valence-corrected chi connectivity index (χ2v) is 4.58. The minimum atomic E-state index is 0.303. The van der Waals surface area contributed by atoms with Gasteiger partial charge in [0.15, 0.2) is 5.78 Å². The molecule has 1 aliphatic heterocycles. The number of carbonyl (C=O) groups is 1. The standard InChI is InChI=1S/C13H15NO/c15-13-7-8-14(9-10-5-6-10)12-4-2-1-3-11(12)13/h1-4,10H,5-9H2. The van der Waals surface area contributed by atoms with Crippen LogP contribution in [0.4, 0.5) is 5.69 Å². The van der Waals surface area contributed by atoms with E-state index in [2.05, 4.69) is 11.0 Å². The van der Waals surface area contributed by atoms with Crippen LogP contribution in [0.2, 0.25) is 0 Å². The van der Waals surface area contributed by atoms with E-state index < -0.39 is 0 Å². The van der Waals surface area contributed by atoms with Gasteiger partial charge in [0.05, 0.1) is 0 Å². The number of fused-ring (bicyclic) bond motifs is 1. The molecule has 3 rings (SSSR count). The van der Waals surface area contributed by atoms with Gasteiger partial charge in [-0.1, -0.05) is 12.1 Å². The molecule has 0 aromatic heterocycles. The summed E-state index contributed by atoms with van der Waals surface area (Å²) < 4.78 is 0. The van der Waals surface area contributed by atoms with Gasteiger partial charge in [0.2, 0.25) is 0 Å². The molecule has 1 heterocycles. The van der Waals surface area contributed by atoms with Crippen molar-refractivity contribution in [3.8, 4) is 0 Å². The zero-order valence-corrected chi connectivity index (χ0v) is 8.78. The smallest absolute Gasteiger partial charge is 0.166 e. The molecule has 2 nitrogen and oxygen atoms in total. The largest absolute Gasteiger partial charge is 0.370 e. The van der Waals surface area contributed by atoms with Crippen molar-refractivity contribution in [3.05, 3.63) is 29.8 Å². The maximum Gasteiger partial charge on any atom is 0.166 e. The molecular weight excluding hydrogens is 186 g/mol. The molecule has 0 bridgehead atoms. The number of benzene rings is 1. The van der Waals surface area contributed by atoms with Gasteiger partial charge in [-0.25, -0.2) is 0 Å². The van der Waals surface area contributed by atoms with Crippen molar-refractivity contribution in [2.24, 2.45) is 5.92 Å². The topological polar surface area (TPSA) is 20.3 Å². The molecule has 1 aliphatic carbocycles. The Morgan fingerprint density at radius 1 is 1.27 bits per heavy atom. The van der Waals surface area contributed by atoms with Crippen molar-refractivity contribution in [1.82, 2.24) is 0 Å². The summed E-state index contributed by atoms with van der Waals surface area (Å²) in [4.78, 5) is 14.1. The van der Waals surface area contributed by atoms with Crippen LogP contribution in [0.3, 0.4) is 0 Å². The lowest BCUT2D eigenvalue weighted by Gasteiger charge is -2.30. The van der Waals surface area contributed by atoms with Crippen LogP contribution in [0.25, 0.3) is 0 Å². The van der Waals surface area contributed by atoms with E-state index in [-0.39, 0.29) is 0 Å². The Hall–Kier alpha value is -1.31. The predicted molar refractivity (Wildman–Crippen MR) is 60.3 cm³/mol. The van der Waals surface area contributed by atoms with Crippen LogP contribution < -0.4 is 4.90 Å². The van der Waals surface area contributed by atoms with E-state index in [1.54, 1.807) is 0 Å². The summed E-state index contributed by atoms with van der Waals surface area (Å²) in [6.07, 6.45) is 3.42. The minimum absolute atomic E-state index is 0.303. The van der Waals surface area contributed by atoms with Gasteiger partial charge in [0.25, 0.3) is 0 Å². The van der Waals surface area contributed by atoms with Crippen LogP contribution in [0, 0.1) is 5.92 Å². The average Bonchev–Trinajstić information content (AvgIpc) is 3.07. The van der Waals surface area contributed by atoms with Crippen LogP contribution in [0.1, 0.15) is 29.6 Å². The number of carbonyl (C=O) groups excluding carboxylic acids is 1. The fourth-order valence-electron chi connectivity index (χ4n) is 2.28. The van der Waals surface area contributed by atoms with Crippen LogP contribution in [-0.2, 0) is 0 Å². The Labute approximate surface area is 89.9 Å². The summed E-state index contributed by atoms with van der Waals surface area (Å²) in [5, 5.41) is 0. The lowest BCUT2D eigenvalue weighted by molar-refractivity contribution is 0.0980. The predicted octanol–water partition coefficient (Wildman–Crippen LogP) is 2.49. The molecule has 0 unspecified atom stereocenters. The number of nitrogens with zero attached hydrogens (tertiary/aromatic N) is 1. The molecule has 1 fully saturated rings. The van der Waals surface area contributed by atoms with Gasteiger partial charge in [-0.05, 0) is 30.9 Å². The van der Waals surface area contributed by atoms with Gasteiger partial charge in [-0.2, -0.15) is 0 Å². The van der Waals surface area contributed by atoms with E-state index >= 15 is 0 Å². The summed E-state index contributed by atoms with van der Waals surface area (Å²) in [5.74, 6) is 1.18. The van der Waals surface area contributed by atoms with Crippen molar-refractivity contribution in [2.45, 2.75) is 19.3 Å². The van der Waals surface area contributed by atoms with Crippen molar-refractivity contribution < 1.29 is 4.79 Å². The Bertz CT molecular complexity index is 395. The fraction of sp³-hybridized carbons (Fsp3) is 0.462. The first-order valence-electron chi connectivity index (χ1n) is 5.72. The monoisotopic (exact) mass is 201 g/mol. The molecule has 1 aromatic rings. The fourth-order valence-corrected chi connectivity index (χ4v) is 2.28. The van der Waals surface area contributed by atoms with E-state index in [9.17, 15) is 4.79 Å². The number of rotatable bonds is 2. The molecule has 0 radical (unpaired) electrons. The molecule has 0 saturated heterocycles. The molecule has 2 heteroatoms. The van der Waals surface area contributed by atoms with E-state index in [0.29, 0.717) is 12.2 Å². The lowest BCUT2D eigenvalue weighted by atomic mass is 10.0. The molecule has 15 heavy (non-hydrogen) atoms. The number of anilines is 1. The zero-order valence-electron chi connectivity index (χ0n) is 8.78. The average molecular weight is 201 g/mol. The molecule has 2 aliphatic rings. The Morgan fingerprint density at radius 3 is 2.87 bits per heavy atom. The molecule has 0 atom stereocenters. The third kappa shape index (κ3) is 1.65. The maximum absolute atomic E-state index is 11.7. The maximum atomic E-state index is 11.7. The number of para-hydroxylation sites is 1. The normalized spacial score (nSPS) is 20.3. The Morgan fingerprint density at radius 2 is 2.07 bits per heavy atom. The first-order valence-corrected chi connectivity index (χ1v) is 5.72. The third-order valence-electron chi connectivity index (χ3n) is 3.33. The summed E-state index contributed by atoms with van der Waals surface area (Å²) in [5.41, 5.74) is 2.07. The molecule has 0 amide bonds. The second-order valence-electron chi connectivity index (χ2n) is 4.58. The third-order valence-corrected chi connectivity index (χ3v) is 3.33. The van der Waals surface area contributed by atoms with Gasteiger partial charge in [0, 0.05) is 30.8 Å². The first kappa shape index (κ1) is 8.96. The summed E-state index contributed by atoms with van der Waals surface area (Å²) in [6, 6.07) is 8.01. The molecule has 1 aromatic carbocycles. The molecule has 0 N–H and O–H groups in total. The van der Waals surface area contributed by atoms with E-state index in [4.69, 9.17) is 0 Å². The molecule has 1 saturated carbocycles. The number of ketones is 1. The highest BCUT2D eigenvalue weighted by atomic mass is 16.1. The zero-order chi connectivity index (χ0) is 10.3. The summed E-state index contributed by atoms with van der Waals surface area (Å²) >= 11 is 0. The SMILES string of the molecule is O=C1CCN(CC2CC2)c2ccccc21. The van der Waals surface area contributed by atoms with Crippen LogP contribution >= 0.6 is 0 Å². The van der Waals surface area contributed by atoms with E-state index in [0.717, 1.165) is 30.3 Å². The van der Waals surface area contributed by atoms with Crippen molar-refractivity contribution in [3.63, 3.8) is 0 Å². The molecule has 0 spiro atoms. The number of hydrogen-bond acceptors (Lipinski definition) is 2. The Balaban J connectivity index is 1.92. The molecule has 78 valence electrons. The summed E-state index contributed by atoms with van der Waals surface area (Å²) in [7, 11) is 0. The van der Waals surface area contributed by atoms with Crippen LogP contribution in [0.15, 0.2) is 24.3 Å². The van der Waals surface area contributed by atoms with Gasteiger partial charge >= 0.3 is 0 Å². The highest BCUT2D eigenvalue weighted by Gasteiger charge is 2.28. The van der Waals surface area contributed by atoms with E-state index in [1.165, 1.54) is 12.8 Å². The van der Waals surface area contributed by atoms with Crippen LogP contribution in [-0.4, -0.2) is 18.9 Å². The van der Waals surface area contributed by atoms with Gasteiger partial charge in [-0.3, -0.25) is 4.79 Å². The number of Topliss-reactive ketones (excluding diaryl/α,β-unsaturated/α-hetero) is 1. The van der Waals surface area contributed by atoms with E-state index in [1.807, 2.05) is 18.2 Å². The second kappa shape index (κ2) is 3.37. The summed E-state index contributed by atoms with van der Waals surface area (Å²) in [6.45, 7) is 2.05. The van der Waals surface area contributed by atoms with Gasteiger partial charge in [0.1, 0.15) is 0 Å². The lowest BCUT2D eigenvalue weighted by Crippen LogP contribution is -2.33. The van der Waals surface area contributed by atoms with Gasteiger partial charge < -0.3 is 4.90 Å². The quantitative estimate of drug-likeness (QED) is 0.732. The minimum Gasteiger partial charge on any atom is -0.370 e. The first-order chi connectivity index (χ1) is 7.34. The van der Waals surface area contributed by atoms with Crippen LogP contribution in [0.5, 0.6) is 0 Å².